The molecule has 0 fully saturated rings. The molecule has 4 nitrogen and oxygen atoms in total. The monoisotopic (exact) mass is 282 g/mol. The molecule has 0 aliphatic rings. The van der Waals surface area contributed by atoms with E-state index in [1.165, 1.54) is 11.3 Å². The molecule has 0 spiro atoms. The van der Waals surface area contributed by atoms with Gasteiger partial charge in [0.1, 0.15) is 12.4 Å². The molecule has 0 atom stereocenters. The summed E-state index contributed by atoms with van der Waals surface area (Å²) in [6.07, 6.45) is 0. The Morgan fingerprint density at radius 3 is 2.94 bits per heavy atom. The average Bonchev–Trinajstić information content (AvgIpc) is 2.84. The van der Waals surface area contributed by atoms with Crippen LogP contribution in [-0.2, 0) is 6.61 Å². The van der Waals surface area contributed by atoms with Gasteiger partial charge in [-0.2, -0.15) is 0 Å². The third-order valence-electron chi connectivity index (χ3n) is 2.19. The highest BCUT2D eigenvalue weighted by Gasteiger charge is 2.07. The number of thiophene rings is 1. The van der Waals surface area contributed by atoms with Gasteiger partial charge in [0.25, 0.3) is 5.91 Å². The van der Waals surface area contributed by atoms with Gasteiger partial charge in [0.05, 0.1) is 4.88 Å². The summed E-state index contributed by atoms with van der Waals surface area (Å²) in [7, 11) is 0. The van der Waals surface area contributed by atoms with E-state index in [1.807, 2.05) is 18.2 Å². The quantitative estimate of drug-likeness (QED) is 0.515. The number of halogens is 1. The van der Waals surface area contributed by atoms with Crippen LogP contribution in [0.3, 0.4) is 0 Å². The summed E-state index contributed by atoms with van der Waals surface area (Å²) in [4.78, 5) is 12.8. The number of nitrogens with one attached hydrogen (secondary N) is 1. The maximum atomic E-state index is 11.3. The number of hydrogen-bond donors (Lipinski definition) is 2. The highest BCUT2D eigenvalue weighted by molar-refractivity contribution is 7.14. The van der Waals surface area contributed by atoms with Crippen LogP contribution in [0.25, 0.3) is 0 Å². The molecule has 2 aromatic rings. The first kappa shape index (κ1) is 12.9. The molecular formula is C12H11ClN2O2S. The molecule has 1 heterocycles. The molecule has 0 saturated heterocycles. The predicted octanol–water partition coefficient (Wildman–Crippen LogP) is 2.58. The highest BCUT2D eigenvalue weighted by Crippen LogP contribution is 2.21. The van der Waals surface area contributed by atoms with Crippen molar-refractivity contribution in [1.29, 1.82) is 0 Å². The standard InChI is InChI=1S/C12H11ClN2O2S/c13-8-2-1-3-9(6-8)17-7-10-4-5-11(18-10)12(16)15-14/h1-6H,7,14H2,(H,15,16). The van der Waals surface area contributed by atoms with Gasteiger partial charge in [0, 0.05) is 9.90 Å². The van der Waals surface area contributed by atoms with Crippen molar-refractivity contribution in [2.24, 2.45) is 5.84 Å². The zero-order valence-corrected chi connectivity index (χ0v) is 10.9. The molecule has 94 valence electrons. The third-order valence-corrected chi connectivity index (χ3v) is 3.49. The van der Waals surface area contributed by atoms with Gasteiger partial charge in [-0.25, -0.2) is 5.84 Å². The Kier molecular flexibility index (Phi) is 4.19. The van der Waals surface area contributed by atoms with Gasteiger partial charge in [-0.05, 0) is 30.3 Å². The van der Waals surface area contributed by atoms with Crippen LogP contribution in [0, 0.1) is 0 Å². The molecule has 1 aromatic heterocycles. The molecule has 0 radical (unpaired) electrons. The highest BCUT2D eigenvalue weighted by atomic mass is 35.5. The Bertz CT molecular complexity index is 557. The van der Waals surface area contributed by atoms with E-state index in [0.717, 1.165) is 4.88 Å². The van der Waals surface area contributed by atoms with Crippen molar-refractivity contribution in [3.8, 4) is 5.75 Å². The first-order valence-corrected chi connectivity index (χ1v) is 6.36. The van der Waals surface area contributed by atoms with Crippen molar-refractivity contribution in [2.75, 3.05) is 0 Å². The lowest BCUT2D eigenvalue weighted by Gasteiger charge is -2.04. The van der Waals surface area contributed by atoms with Crippen molar-refractivity contribution in [3.05, 3.63) is 51.2 Å². The average molecular weight is 283 g/mol. The molecule has 3 N–H and O–H groups in total. The molecule has 6 heteroatoms. The van der Waals surface area contributed by atoms with E-state index in [2.05, 4.69) is 5.43 Å². The van der Waals surface area contributed by atoms with Gasteiger partial charge in [-0.1, -0.05) is 17.7 Å². The Hall–Kier alpha value is -1.56. The Morgan fingerprint density at radius 2 is 2.22 bits per heavy atom. The summed E-state index contributed by atoms with van der Waals surface area (Å²) < 4.78 is 5.56. The molecule has 0 bridgehead atoms. The van der Waals surface area contributed by atoms with Gasteiger partial charge >= 0.3 is 0 Å². The molecule has 0 aliphatic heterocycles. The van der Waals surface area contributed by atoms with Gasteiger partial charge in [-0.3, -0.25) is 10.2 Å². The van der Waals surface area contributed by atoms with Crippen molar-refractivity contribution in [1.82, 2.24) is 5.43 Å². The predicted molar refractivity (Wildman–Crippen MR) is 71.8 cm³/mol. The van der Waals surface area contributed by atoms with E-state index < -0.39 is 0 Å². The smallest absolute Gasteiger partial charge is 0.275 e. The first-order chi connectivity index (χ1) is 8.69. The van der Waals surface area contributed by atoms with E-state index in [4.69, 9.17) is 22.2 Å². The lowest BCUT2D eigenvalue weighted by Crippen LogP contribution is -2.29. The molecular weight excluding hydrogens is 272 g/mol. The van der Waals surface area contributed by atoms with E-state index >= 15 is 0 Å². The van der Waals surface area contributed by atoms with Crippen LogP contribution in [0.2, 0.25) is 5.02 Å². The zero-order chi connectivity index (χ0) is 13.0. The number of carbonyl (C=O) groups excluding carboxylic acids is 1. The van der Waals surface area contributed by atoms with E-state index in [9.17, 15) is 4.79 Å². The fourth-order valence-electron chi connectivity index (χ4n) is 1.36. The maximum absolute atomic E-state index is 11.3. The van der Waals surface area contributed by atoms with Crippen molar-refractivity contribution in [3.63, 3.8) is 0 Å². The summed E-state index contributed by atoms with van der Waals surface area (Å²) >= 11 is 7.19. The molecule has 2 rings (SSSR count). The Labute approximate surface area is 113 Å². The molecule has 1 aromatic carbocycles. The fraction of sp³-hybridized carbons (Fsp3) is 0.0833. The first-order valence-electron chi connectivity index (χ1n) is 5.17. The van der Waals surface area contributed by atoms with Gasteiger partial charge < -0.3 is 4.74 Å². The largest absolute Gasteiger partial charge is 0.488 e. The number of benzene rings is 1. The number of nitrogens with two attached hydrogens (primary N) is 1. The summed E-state index contributed by atoms with van der Waals surface area (Å²) in [5.41, 5.74) is 2.09. The number of nitrogen functional groups attached to an aromatic ring is 1. The van der Waals surface area contributed by atoms with Crippen molar-refractivity contribution in [2.45, 2.75) is 6.61 Å². The Balaban J connectivity index is 1.98. The second-order valence-corrected chi connectivity index (χ2v) is 5.09. The minimum absolute atomic E-state index is 0.297. The summed E-state index contributed by atoms with van der Waals surface area (Å²) in [5, 5.41) is 0.627. The van der Waals surface area contributed by atoms with Gasteiger partial charge in [0.2, 0.25) is 0 Å². The SMILES string of the molecule is NNC(=O)c1ccc(COc2cccc(Cl)c2)s1. The minimum atomic E-state index is -0.297. The second-order valence-electron chi connectivity index (χ2n) is 3.49. The van der Waals surface area contributed by atoms with Crippen LogP contribution in [0.5, 0.6) is 5.75 Å². The summed E-state index contributed by atoms with van der Waals surface area (Å²) in [6.45, 7) is 0.392. The van der Waals surface area contributed by atoms with Gasteiger partial charge in [0.15, 0.2) is 0 Å². The molecule has 1 amide bonds. The summed E-state index contributed by atoms with van der Waals surface area (Å²) in [5.74, 6) is 5.45. The lowest BCUT2D eigenvalue weighted by molar-refractivity contribution is 0.0957. The number of hydrazine groups is 1. The molecule has 0 aliphatic carbocycles. The van der Waals surface area contributed by atoms with Crippen LogP contribution < -0.4 is 16.0 Å². The lowest BCUT2D eigenvalue weighted by atomic mass is 10.3. The van der Waals surface area contributed by atoms with E-state index in [-0.39, 0.29) is 5.91 Å². The van der Waals surface area contributed by atoms with Crippen LogP contribution >= 0.6 is 22.9 Å². The van der Waals surface area contributed by atoms with Crippen LogP contribution in [-0.4, -0.2) is 5.91 Å². The van der Waals surface area contributed by atoms with E-state index in [1.54, 1.807) is 18.2 Å². The molecule has 0 saturated carbocycles. The number of ether oxygens (including phenoxy) is 1. The topological polar surface area (TPSA) is 64.3 Å². The van der Waals surface area contributed by atoms with Gasteiger partial charge in [-0.15, -0.1) is 11.3 Å². The third kappa shape index (κ3) is 3.22. The summed E-state index contributed by atoms with van der Waals surface area (Å²) in [6, 6.07) is 10.7. The number of hydrogen-bond acceptors (Lipinski definition) is 4. The Morgan fingerprint density at radius 1 is 1.39 bits per heavy atom. The normalized spacial score (nSPS) is 10.1. The maximum Gasteiger partial charge on any atom is 0.275 e. The molecule has 0 unspecified atom stereocenters. The zero-order valence-electron chi connectivity index (χ0n) is 9.35. The number of rotatable bonds is 4. The number of amides is 1. The van der Waals surface area contributed by atoms with Crippen LogP contribution in [0.15, 0.2) is 36.4 Å². The van der Waals surface area contributed by atoms with Crippen molar-refractivity contribution >= 4 is 28.8 Å². The minimum Gasteiger partial charge on any atom is -0.488 e. The fourth-order valence-corrected chi connectivity index (χ4v) is 2.36. The number of carbonyl (C=O) groups is 1. The van der Waals surface area contributed by atoms with Crippen molar-refractivity contribution < 1.29 is 9.53 Å². The molecule has 18 heavy (non-hydrogen) atoms. The van der Waals surface area contributed by atoms with E-state index in [0.29, 0.717) is 22.3 Å². The second kappa shape index (κ2) is 5.86. The van der Waals surface area contributed by atoms with Crippen LogP contribution in [0.1, 0.15) is 14.5 Å². The van der Waals surface area contributed by atoms with Crippen LogP contribution in [0.4, 0.5) is 0 Å².